The van der Waals surface area contributed by atoms with Crippen LogP contribution in [0.1, 0.15) is 35.6 Å². The molecule has 1 atom stereocenters. The molecule has 0 bridgehead atoms. The first kappa shape index (κ1) is 23.0. The van der Waals surface area contributed by atoms with E-state index < -0.39 is 6.10 Å². The van der Waals surface area contributed by atoms with Crippen molar-refractivity contribution in [2.24, 2.45) is 0 Å². The monoisotopic (exact) mass is 503 g/mol. The summed E-state index contributed by atoms with van der Waals surface area (Å²) in [6, 6.07) is 19.0. The van der Waals surface area contributed by atoms with E-state index in [1.54, 1.807) is 11.0 Å². The number of aliphatic hydroxyl groups is 1. The van der Waals surface area contributed by atoms with E-state index in [9.17, 15) is 14.7 Å². The molecule has 1 unspecified atom stereocenters. The van der Waals surface area contributed by atoms with Crippen LogP contribution in [-0.2, 0) is 16.1 Å². The Morgan fingerprint density at radius 2 is 1.81 bits per heavy atom. The van der Waals surface area contributed by atoms with Crippen LogP contribution >= 0.6 is 11.6 Å². The molecule has 1 aliphatic carbocycles. The maximum Gasteiger partial charge on any atom is 0.414 e. The van der Waals surface area contributed by atoms with E-state index in [1.807, 2.05) is 54.6 Å². The molecule has 2 N–H and O–H groups in total. The molecule has 0 saturated carbocycles. The van der Waals surface area contributed by atoms with Crippen molar-refractivity contribution < 1.29 is 19.4 Å². The summed E-state index contributed by atoms with van der Waals surface area (Å²) in [6.07, 6.45) is 0.471. The number of benzene rings is 3. The molecule has 3 aliphatic rings. The number of fused-ring (bicyclic) bond motifs is 4. The number of nitrogens with zero attached hydrogens (tertiary/aromatic N) is 2. The Balaban J connectivity index is 1.07. The lowest BCUT2D eigenvalue weighted by atomic mass is 10.0. The van der Waals surface area contributed by atoms with E-state index in [1.165, 1.54) is 0 Å². The fraction of sp³-hybridized carbons (Fsp3) is 0.286. The minimum atomic E-state index is -0.685. The Morgan fingerprint density at radius 3 is 2.64 bits per heavy atom. The third-order valence-electron chi connectivity index (χ3n) is 7.31. The number of carbonyl (C=O) groups excluding carboxylic acids is 2. The molecular weight excluding hydrogens is 478 g/mol. The maximum absolute atomic E-state index is 12.8. The minimum Gasteiger partial charge on any atom is -0.444 e. The topological polar surface area (TPSA) is 82.1 Å². The molecule has 184 valence electrons. The second-order valence-corrected chi connectivity index (χ2v) is 9.98. The summed E-state index contributed by atoms with van der Waals surface area (Å²) < 4.78 is 5.38. The van der Waals surface area contributed by atoms with Crippen LogP contribution in [0.4, 0.5) is 16.2 Å². The van der Waals surface area contributed by atoms with E-state index in [2.05, 4.69) is 10.2 Å². The van der Waals surface area contributed by atoms with Gasteiger partial charge >= 0.3 is 6.09 Å². The number of cyclic esters (lactones) is 1. The molecule has 3 aromatic rings. The average molecular weight is 504 g/mol. The summed E-state index contributed by atoms with van der Waals surface area (Å²) in [5.41, 5.74) is 6.17. The number of halogens is 1. The SMILES string of the molecule is O=C(CN1CCC(N2C(=O)OCc3cc(Cl)ccc32)CC1)Nc1ccc2c(c1)C(O)c1ccccc1-2. The maximum atomic E-state index is 12.8. The highest BCUT2D eigenvalue weighted by Crippen LogP contribution is 2.44. The zero-order valence-corrected chi connectivity index (χ0v) is 20.4. The largest absolute Gasteiger partial charge is 0.444 e. The van der Waals surface area contributed by atoms with Crippen molar-refractivity contribution in [2.45, 2.75) is 31.6 Å². The molecule has 2 heterocycles. The van der Waals surface area contributed by atoms with Gasteiger partial charge in [0.2, 0.25) is 5.91 Å². The van der Waals surface area contributed by atoms with Crippen LogP contribution in [0.5, 0.6) is 0 Å². The molecule has 2 amide bonds. The summed E-state index contributed by atoms with van der Waals surface area (Å²) in [5.74, 6) is -0.101. The molecule has 2 aliphatic heterocycles. The van der Waals surface area contributed by atoms with E-state index in [0.717, 1.165) is 46.3 Å². The summed E-state index contributed by atoms with van der Waals surface area (Å²) in [7, 11) is 0. The average Bonchev–Trinajstić information content (AvgIpc) is 3.16. The predicted octanol–water partition coefficient (Wildman–Crippen LogP) is 4.96. The lowest BCUT2D eigenvalue weighted by molar-refractivity contribution is -0.117. The molecule has 36 heavy (non-hydrogen) atoms. The highest BCUT2D eigenvalue weighted by atomic mass is 35.5. The number of hydrogen-bond acceptors (Lipinski definition) is 5. The molecular formula is C28H26ClN3O4. The van der Waals surface area contributed by atoms with E-state index in [4.69, 9.17) is 16.3 Å². The van der Waals surface area contributed by atoms with Crippen LogP contribution in [0.25, 0.3) is 11.1 Å². The number of amides is 2. The number of nitrogens with one attached hydrogen (secondary N) is 1. The molecule has 1 fully saturated rings. The zero-order valence-electron chi connectivity index (χ0n) is 19.6. The van der Waals surface area contributed by atoms with E-state index in [0.29, 0.717) is 23.8 Å². The third-order valence-corrected chi connectivity index (χ3v) is 7.55. The fourth-order valence-corrected chi connectivity index (χ4v) is 5.75. The van der Waals surface area contributed by atoms with Crippen molar-refractivity contribution >= 4 is 35.0 Å². The molecule has 1 saturated heterocycles. The Labute approximate surface area is 214 Å². The summed E-state index contributed by atoms with van der Waals surface area (Å²) in [6.45, 7) is 1.89. The minimum absolute atomic E-state index is 0.0110. The number of aliphatic hydroxyl groups excluding tert-OH is 1. The number of piperidine rings is 1. The Morgan fingerprint density at radius 1 is 1.03 bits per heavy atom. The van der Waals surface area contributed by atoms with Crippen molar-refractivity contribution in [1.82, 2.24) is 4.90 Å². The third kappa shape index (κ3) is 4.13. The predicted molar refractivity (Wildman–Crippen MR) is 138 cm³/mol. The van der Waals surface area contributed by atoms with Crippen molar-refractivity contribution in [3.05, 3.63) is 82.4 Å². The highest BCUT2D eigenvalue weighted by molar-refractivity contribution is 6.30. The Kier molecular flexibility index (Phi) is 5.91. The van der Waals surface area contributed by atoms with Gasteiger partial charge in [0.1, 0.15) is 12.7 Å². The number of rotatable bonds is 4. The van der Waals surface area contributed by atoms with Crippen molar-refractivity contribution in [2.75, 3.05) is 29.9 Å². The van der Waals surface area contributed by atoms with Crippen LogP contribution in [0, 0.1) is 0 Å². The molecule has 0 radical (unpaired) electrons. The van der Waals surface area contributed by atoms with Gasteiger partial charge in [-0.25, -0.2) is 4.79 Å². The normalized spacial score (nSPS) is 19.3. The first-order valence-corrected chi connectivity index (χ1v) is 12.5. The van der Waals surface area contributed by atoms with Crippen molar-refractivity contribution in [1.29, 1.82) is 0 Å². The summed E-state index contributed by atoms with van der Waals surface area (Å²) >= 11 is 6.11. The molecule has 0 spiro atoms. The van der Waals surface area contributed by atoms with Crippen molar-refractivity contribution in [3.8, 4) is 11.1 Å². The quantitative estimate of drug-likeness (QED) is 0.526. The van der Waals surface area contributed by atoms with Gasteiger partial charge in [0.15, 0.2) is 0 Å². The standard InChI is InChI=1S/C28H26ClN3O4/c29-18-5-8-25-17(13-18)16-36-28(35)32(25)20-9-11-31(12-10-20)15-26(33)30-19-6-7-22-21-3-1-2-4-23(21)27(34)24(22)14-19/h1-8,13-14,20,27,34H,9-12,15-16H2,(H,30,33). The highest BCUT2D eigenvalue weighted by Gasteiger charge is 2.34. The first-order valence-electron chi connectivity index (χ1n) is 12.2. The zero-order chi connectivity index (χ0) is 24.8. The Hall–Kier alpha value is -3.39. The van der Waals surface area contributed by atoms with Gasteiger partial charge in [0, 0.05) is 35.4 Å². The molecule has 8 heteroatoms. The van der Waals surface area contributed by atoms with E-state index in [-0.39, 0.29) is 31.2 Å². The number of likely N-dealkylation sites (tertiary alicyclic amines) is 1. The number of ether oxygens (including phenoxy) is 1. The fourth-order valence-electron chi connectivity index (χ4n) is 5.56. The van der Waals surface area contributed by atoms with Gasteiger partial charge in [-0.05, 0) is 65.4 Å². The van der Waals surface area contributed by atoms with Crippen LogP contribution in [0.15, 0.2) is 60.7 Å². The van der Waals surface area contributed by atoms with Crippen LogP contribution in [0.3, 0.4) is 0 Å². The van der Waals surface area contributed by atoms with Gasteiger partial charge in [0.05, 0.1) is 12.2 Å². The first-order chi connectivity index (χ1) is 17.5. The lowest BCUT2D eigenvalue weighted by Crippen LogP contribution is -2.50. The van der Waals surface area contributed by atoms with Gasteiger partial charge in [-0.15, -0.1) is 0 Å². The number of carbonyl (C=O) groups is 2. The van der Waals surface area contributed by atoms with Crippen LogP contribution in [0.2, 0.25) is 5.02 Å². The van der Waals surface area contributed by atoms with Gasteiger partial charge in [-0.2, -0.15) is 0 Å². The molecule has 7 nitrogen and oxygen atoms in total. The van der Waals surface area contributed by atoms with Crippen molar-refractivity contribution in [3.63, 3.8) is 0 Å². The van der Waals surface area contributed by atoms with Gasteiger partial charge < -0.3 is 15.2 Å². The second kappa shape index (κ2) is 9.24. The Bertz CT molecular complexity index is 1350. The molecule has 3 aromatic carbocycles. The number of anilines is 2. The van der Waals surface area contributed by atoms with E-state index >= 15 is 0 Å². The van der Waals surface area contributed by atoms with Crippen LogP contribution < -0.4 is 10.2 Å². The molecule has 6 rings (SSSR count). The van der Waals surface area contributed by atoms with Gasteiger partial charge in [-0.1, -0.05) is 41.9 Å². The summed E-state index contributed by atoms with van der Waals surface area (Å²) in [4.78, 5) is 29.2. The number of hydrogen-bond donors (Lipinski definition) is 2. The lowest BCUT2D eigenvalue weighted by Gasteiger charge is -2.40. The van der Waals surface area contributed by atoms with Gasteiger partial charge in [-0.3, -0.25) is 14.6 Å². The van der Waals surface area contributed by atoms with Gasteiger partial charge in [0.25, 0.3) is 0 Å². The smallest absolute Gasteiger partial charge is 0.414 e. The summed E-state index contributed by atoms with van der Waals surface area (Å²) in [5, 5.41) is 14.3. The molecule has 0 aromatic heterocycles. The second-order valence-electron chi connectivity index (χ2n) is 9.54. The van der Waals surface area contributed by atoms with Crippen LogP contribution in [-0.4, -0.2) is 47.7 Å².